The molecule has 196 valence electrons. The summed E-state index contributed by atoms with van der Waals surface area (Å²) in [7, 11) is 2.15. The number of benzene rings is 5. The van der Waals surface area contributed by atoms with Crippen LogP contribution in [0.3, 0.4) is 0 Å². The molecular weight excluding hydrogens is 494 g/mol. The molecule has 0 saturated heterocycles. The Morgan fingerprint density at radius 3 is 1.68 bits per heavy atom. The van der Waals surface area contributed by atoms with Crippen LogP contribution in [0, 0.1) is 13.8 Å². The normalized spacial score (nSPS) is 16.2. The van der Waals surface area contributed by atoms with Crippen molar-refractivity contribution >= 4 is 0 Å². The van der Waals surface area contributed by atoms with Gasteiger partial charge in [0.2, 0.25) is 5.69 Å². The molecule has 0 N–H and O–H groups in total. The first-order chi connectivity index (χ1) is 20.1. The summed E-state index contributed by atoms with van der Waals surface area (Å²) in [4.78, 5) is 0. The van der Waals surface area contributed by atoms with Gasteiger partial charge in [-0.2, -0.15) is 0 Å². The summed E-state index contributed by atoms with van der Waals surface area (Å²) in [5.74, 6) is 0.512. The van der Waals surface area contributed by atoms with E-state index in [0.717, 1.165) is 0 Å². The highest BCUT2D eigenvalue weighted by molar-refractivity contribution is 5.78. The van der Waals surface area contributed by atoms with E-state index in [2.05, 4.69) is 153 Å². The number of aryl methyl sites for hydroxylation is 3. The van der Waals surface area contributed by atoms with E-state index >= 15 is 0 Å². The van der Waals surface area contributed by atoms with Crippen molar-refractivity contribution in [2.24, 2.45) is 7.05 Å². The minimum absolute atomic E-state index is 0.252. The molecule has 41 heavy (non-hydrogen) atoms. The van der Waals surface area contributed by atoms with Gasteiger partial charge in [0.15, 0.2) is 6.20 Å². The first-order valence-corrected chi connectivity index (χ1v) is 14.6. The van der Waals surface area contributed by atoms with Crippen molar-refractivity contribution in [2.75, 3.05) is 0 Å². The lowest BCUT2D eigenvalue weighted by Crippen LogP contribution is -2.31. The lowest BCUT2D eigenvalue weighted by atomic mass is 9.60. The van der Waals surface area contributed by atoms with E-state index in [0.29, 0.717) is 0 Å². The average molecular weight is 527 g/mol. The second-order valence-corrected chi connectivity index (χ2v) is 11.7. The molecule has 1 aromatic heterocycles. The molecule has 9 rings (SSSR count). The van der Waals surface area contributed by atoms with Crippen molar-refractivity contribution in [1.82, 2.24) is 0 Å². The van der Waals surface area contributed by atoms with Crippen LogP contribution in [-0.4, -0.2) is 0 Å². The summed E-state index contributed by atoms with van der Waals surface area (Å²) in [5.41, 5.74) is 19.0. The second kappa shape index (κ2) is 9.14. The summed E-state index contributed by atoms with van der Waals surface area (Å²) in [6.07, 6.45) is 2.28. The number of rotatable bonds is 3. The molecule has 1 nitrogen and oxygen atoms in total. The average Bonchev–Trinajstić information content (AvgIpc) is 3.01. The summed E-state index contributed by atoms with van der Waals surface area (Å²) in [6.45, 7) is 4.43. The molecule has 0 spiro atoms. The summed E-state index contributed by atoms with van der Waals surface area (Å²) >= 11 is 0. The fourth-order valence-corrected chi connectivity index (χ4v) is 7.42. The molecule has 0 saturated carbocycles. The van der Waals surface area contributed by atoms with Gasteiger partial charge in [-0.05, 0) is 93.2 Å². The van der Waals surface area contributed by atoms with Crippen LogP contribution < -0.4 is 4.57 Å². The van der Waals surface area contributed by atoms with E-state index in [-0.39, 0.29) is 11.8 Å². The van der Waals surface area contributed by atoms with Gasteiger partial charge in [0.1, 0.15) is 7.05 Å². The van der Waals surface area contributed by atoms with Crippen LogP contribution >= 0.6 is 0 Å². The molecule has 3 aliphatic rings. The Labute approximate surface area is 242 Å². The molecular formula is C40H32N+. The Morgan fingerprint density at radius 2 is 1.00 bits per heavy atom. The highest BCUT2D eigenvalue weighted by Gasteiger charge is 2.41. The molecule has 5 aromatic carbocycles. The Balaban J connectivity index is 1.30. The van der Waals surface area contributed by atoms with Crippen LogP contribution in [0.1, 0.15) is 56.3 Å². The third-order valence-electron chi connectivity index (χ3n) is 9.35. The van der Waals surface area contributed by atoms with Gasteiger partial charge in [-0.3, -0.25) is 0 Å². The molecule has 1 heteroatoms. The summed E-state index contributed by atoms with van der Waals surface area (Å²) in [6, 6.07) is 45.3. The molecule has 2 atom stereocenters. The lowest BCUT2D eigenvalue weighted by Gasteiger charge is -2.42. The maximum atomic E-state index is 2.49. The minimum atomic E-state index is 0.252. The third kappa shape index (κ3) is 3.66. The molecule has 3 aliphatic carbocycles. The minimum Gasteiger partial charge on any atom is -0.201 e. The van der Waals surface area contributed by atoms with Crippen molar-refractivity contribution in [2.45, 2.75) is 25.7 Å². The zero-order chi connectivity index (χ0) is 27.7. The van der Waals surface area contributed by atoms with Crippen molar-refractivity contribution in [3.05, 3.63) is 172 Å². The van der Waals surface area contributed by atoms with Crippen LogP contribution in [0.15, 0.2) is 128 Å². The Kier molecular flexibility index (Phi) is 5.37. The number of aromatic nitrogens is 1. The zero-order valence-electron chi connectivity index (χ0n) is 23.7. The lowest BCUT2D eigenvalue weighted by molar-refractivity contribution is -0.660. The highest BCUT2D eigenvalue weighted by Crippen LogP contribution is 2.56. The van der Waals surface area contributed by atoms with E-state index in [1.165, 1.54) is 78.0 Å². The summed E-state index contributed by atoms with van der Waals surface area (Å²) in [5, 5.41) is 0. The van der Waals surface area contributed by atoms with E-state index in [9.17, 15) is 0 Å². The van der Waals surface area contributed by atoms with Crippen LogP contribution in [0.5, 0.6) is 0 Å². The predicted molar refractivity (Wildman–Crippen MR) is 168 cm³/mol. The zero-order valence-corrected chi connectivity index (χ0v) is 23.7. The van der Waals surface area contributed by atoms with E-state index in [1.54, 1.807) is 0 Å². The molecule has 0 fully saturated rings. The predicted octanol–water partition coefficient (Wildman–Crippen LogP) is 9.12. The molecule has 0 radical (unpaired) electrons. The first-order valence-electron chi connectivity index (χ1n) is 14.6. The Hall–Kier alpha value is -4.75. The highest BCUT2D eigenvalue weighted by atomic mass is 14.9. The van der Waals surface area contributed by atoms with Crippen molar-refractivity contribution in [3.8, 4) is 33.5 Å². The molecule has 0 aliphatic heterocycles. The Bertz CT molecular complexity index is 1980. The second-order valence-electron chi connectivity index (χ2n) is 11.7. The van der Waals surface area contributed by atoms with Gasteiger partial charge in [-0.1, -0.05) is 97.1 Å². The quantitative estimate of drug-likeness (QED) is 0.202. The summed E-state index contributed by atoms with van der Waals surface area (Å²) < 4.78 is 2.26. The van der Waals surface area contributed by atoms with Gasteiger partial charge in [-0.25, -0.2) is 4.57 Å². The van der Waals surface area contributed by atoms with E-state index < -0.39 is 0 Å². The number of hydrogen-bond donors (Lipinski definition) is 0. The fraction of sp³-hybridized carbons (Fsp3) is 0.125. The van der Waals surface area contributed by atoms with Crippen LogP contribution in [0.4, 0.5) is 0 Å². The van der Waals surface area contributed by atoms with Crippen molar-refractivity contribution in [1.29, 1.82) is 0 Å². The monoisotopic (exact) mass is 526 g/mol. The maximum Gasteiger partial charge on any atom is 0.213 e. The standard InChI is InChI=1S/C40H32N/c1-25-11-7-8-14-30(25)38-23-35(26(2)24-41(38)3)29-18-20-34-37(22-29)40-32-16-10-9-15-31(32)39(34)36-21-28(17-19-33(36)40)27-12-5-4-6-13-27/h4-24,39-40H,1-3H3/q+1. The molecule has 2 unspecified atom stereocenters. The third-order valence-corrected chi connectivity index (χ3v) is 9.35. The van der Waals surface area contributed by atoms with E-state index in [4.69, 9.17) is 0 Å². The number of nitrogens with zero attached hydrogens (tertiary/aromatic N) is 1. The van der Waals surface area contributed by atoms with Gasteiger partial charge in [-0.15, -0.1) is 0 Å². The molecule has 6 aromatic rings. The van der Waals surface area contributed by atoms with Gasteiger partial charge in [0, 0.05) is 29.0 Å². The molecule has 2 bridgehead atoms. The maximum absolute atomic E-state index is 2.49. The fourth-order valence-electron chi connectivity index (χ4n) is 7.42. The van der Waals surface area contributed by atoms with Crippen LogP contribution in [-0.2, 0) is 7.05 Å². The van der Waals surface area contributed by atoms with Gasteiger partial charge >= 0.3 is 0 Å². The van der Waals surface area contributed by atoms with Crippen LogP contribution in [0.25, 0.3) is 33.5 Å². The number of pyridine rings is 1. The number of hydrogen-bond acceptors (Lipinski definition) is 0. The van der Waals surface area contributed by atoms with E-state index in [1.807, 2.05) is 0 Å². The largest absolute Gasteiger partial charge is 0.213 e. The first kappa shape index (κ1) is 24.1. The van der Waals surface area contributed by atoms with Crippen molar-refractivity contribution in [3.63, 3.8) is 0 Å². The van der Waals surface area contributed by atoms with Crippen molar-refractivity contribution < 1.29 is 4.57 Å². The smallest absolute Gasteiger partial charge is 0.201 e. The Morgan fingerprint density at radius 1 is 0.439 bits per heavy atom. The molecule has 0 amide bonds. The van der Waals surface area contributed by atoms with Gasteiger partial charge in [0.05, 0.1) is 0 Å². The topological polar surface area (TPSA) is 3.88 Å². The SMILES string of the molecule is Cc1c[n+](C)c(-c2ccccc2C)cc1-c1ccc2c(c1)C1c3ccccc3C2c2cc(-c3ccccc3)ccc21. The van der Waals surface area contributed by atoms with Crippen LogP contribution in [0.2, 0.25) is 0 Å². The molecule has 1 heterocycles. The van der Waals surface area contributed by atoms with Gasteiger partial charge < -0.3 is 0 Å². The van der Waals surface area contributed by atoms with Gasteiger partial charge in [0.25, 0.3) is 0 Å².